The normalized spacial score (nSPS) is 40.6. The SMILES string of the molecule is CC(C)(C)[C@H]1CC[C@@]2(C)CCC(=O)C[C@H]2C1. The number of rotatable bonds is 0. The fourth-order valence-electron chi connectivity index (χ4n) is 3.70. The summed E-state index contributed by atoms with van der Waals surface area (Å²) < 4.78 is 0. The number of hydrogen-bond acceptors (Lipinski definition) is 1. The average molecular weight is 222 g/mol. The first-order chi connectivity index (χ1) is 7.31. The van der Waals surface area contributed by atoms with Crippen LogP contribution in [0.5, 0.6) is 0 Å². The Balaban J connectivity index is 2.10. The lowest BCUT2D eigenvalue weighted by Gasteiger charge is -2.50. The molecule has 2 rings (SSSR count). The maximum Gasteiger partial charge on any atom is 0.133 e. The molecule has 0 radical (unpaired) electrons. The molecule has 16 heavy (non-hydrogen) atoms. The van der Waals surface area contributed by atoms with Crippen molar-refractivity contribution >= 4 is 5.78 Å². The molecular weight excluding hydrogens is 196 g/mol. The Bertz CT molecular complexity index is 286. The second-order valence-electron chi connectivity index (χ2n) is 7.43. The van der Waals surface area contributed by atoms with Gasteiger partial charge in [0.15, 0.2) is 0 Å². The topological polar surface area (TPSA) is 17.1 Å². The van der Waals surface area contributed by atoms with Gasteiger partial charge in [-0.1, -0.05) is 27.7 Å². The van der Waals surface area contributed by atoms with Crippen LogP contribution in [-0.2, 0) is 4.79 Å². The molecule has 0 amide bonds. The molecule has 2 aliphatic rings. The number of carbonyl (C=O) groups is 1. The molecule has 1 heteroatoms. The molecule has 0 aromatic carbocycles. The molecule has 0 heterocycles. The summed E-state index contributed by atoms with van der Waals surface area (Å²) in [5.74, 6) is 2.00. The number of fused-ring (bicyclic) bond motifs is 1. The van der Waals surface area contributed by atoms with E-state index in [2.05, 4.69) is 27.7 Å². The highest BCUT2D eigenvalue weighted by atomic mass is 16.1. The van der Waals surface area contributed by atoms with Gasteiger partial charge in [0, 0.05) is 12.8 Å². The van der Waals surface area contributed by atoms with Crippen LogP contribution in [0.2, 0.25) is 0 Å². The standard InChI is InChI=1S/C15H26O/c1-14(2,3)11-5-7-15(4)8-6-13(16)10-12(15)9-11/h11-12H,5-10H2,1-4H3/t11-,12+,15-/m0/s1. The Morgan fingerprint density at radius 3 is 2.56 bits per heavy atom. The first kappa shape index (κ1) is 12.1. The Kier molecular flexibility index (Phi) is 2.92. The molecule has 2 fully saturated rings. The van der Waals surface area contributed by atoms with Crippen LogP contribution in [0.15, 0.2) is 0 Å². The second kappa shape index (κ2) is 3.85. The van der Waals surface area contributed by atoms with Gasteiger partial charge in [0.2, 0.25) is 0 Å². The highest BCUT2D eigenvalue weighted by molar-refractivity contribution is 5.79. The summed E-state index contributed by atoms with van der Waals surface area (Å²) in [5, 5.41) is 0. The third-order valence-electron chi connectivity index (χ3n) is 5.29. The highest BCUT2D eigenvalue weighted by Gasteiger charge is 2.45. The van der Waals surface area contributed by atoms with E-state index in [1.807, 2.05) is 0 Å². The van der Waals surface area contributed by atoms with E-state index in [1.165, 1.54) is 19.3 Å². The summed E-state index contributed by atoms with van der Waals surface area (Å²) in [7, 11) is 0. The summed E-state index contributed by atoms with van der Waals surface area (Å²) in [6.45, 7) is 9.48. The van der Waals surface area contributed by atoms with Crippen molar-refractivity contribution in [1.29, 1.82) is 0 Å². The van der Waals surface area contributed by atoms with Crippen molar-refractivity contribution in [2.75, 3.05) is 0 Å². The number of Topliss-reactive ketones (excluding diaryl/α,β-unsaturated/α-hetero) is 1. The predicted octanol–water partition coefficient (Wildman–Crippen LogP) is 4.21. The maximum atomic E-state index is 11.6. The molecule has 0 spiro atoms. The first-order valence-corrected chi connectivity index (χ1v) is 6.83. The molecular formula is C15H26O. The summed E-state index contributed by atoms with van der Waals surface area (Å²) in [5.41, 5.74) is 0.900. The monoisotopic (exact) mass is 222 g/mol. The smallest absolute Gasteiger partial charge is 0.133 e. The summed E-state index contributed by atoms with van der Waals surface area (Å²) >= 11 is 0. The van der Waals surface area contributed by atoms with E-state index >= 15 is 0 Å². The lowest BCUT2D eigenvalue weighted by Crippen LogP contribution is -2.42. The molecule has 0 aromatic rings. The van der Waals surface area contributed by atoms with Crippen molar-refractivity contribution in [3.05, 3.63) is 0 Å². The summed E-state index contributed by atoms with van der Waals surface area (Å²) in [4.78, 5) is 11.6. The number of ketones is 1. The maximum absolute atomic E-state index is 11.6. The van der Waals surface area contributed by atoms with Crippen LogP contribution in [-0.4, -0.2) is 5.78 Å². The lowest BCUT2D eigenvalue weighted by molar-refractivity contribution is -0.127. The van der Waals surface area contributed by atoms with Crippen molar-refractivity contribution in [2.24, 2.45) is 22.7 Å². The molecule has 1 nitrogen and oxygen atoms in total. The van der Waals surface area contributed by atoms with E-state index in [9.17, 15) is 4.79 Å². The van der Waals surface area contributed by atoms with Gasteiger partial charge in [-0.25, -0.2) is 0 Å². The molecule has 0 unspecified atom stereocenters. The van der Waals surface area contributed by atoms with Gasteiger partial charge in [-0.2, -0.15) is 0 Å². The van der Waals surface area contributed by atoms with Crippen molar-refractivity contribution in [3.63, 3.8) is 0 Å². The van der Waals surface area contributed by atoms with Crippen molar-refractivity contribution < 1.29 is 4.79 Å². The van der Waals surface area contributed by atoms with Crippen LogP contribution in [0, 0.1) is 22.7 Å². The van der Waals surface area contributed by atoms with Crippen LogP contribution < -0.4 is 0 Å². The first-order valence-electron chi connectivity index (χ1n) is 6.83. The van der Waals surface area contributed by atoms with Gasteiger partial charge in [-0.05, 0) is 48.3 Å². The third-order valence-corrected chi connectivity index (χ3v) is 5.29. The Labute approximate surface area is 100.0 Å². The van der Waals surface area contributed by atoms with Crippen molar-refractivity contribution in [3.8, 4) is 0 Å². The molecule has 0 bridgehead atoms. The van der Waals surface area contributed by atoms with Crippen LogP contribution in [0.4, 0.5) is 0 Å². The molecule has 92 valence electrons. The van der Waals surface area contributed by atoms with Crippen molar-refractivity contribution in [1.82, 2.24) is 0 Å². The van der Waals surface area contributed by atoms with Crippen LogP contribution in [0.3, 0.4) is 0 Å². The van der Waals surface area contributed by atoms with Crippen LogP contribution >= 0.6 is 0 Å². The van der Waals surface area contributed by atoms with E-state index in [-0.39, 0.29) is 0 Å². The quantitative estimate of drug-likeness (QED) is 0.600. The summed E-state index contributed by atoms with van der Waals surface area (Å²) in [6.07, 6.45) is 6.84. The minimum absolute atomic E-state index is 0.418. The average Bonchev–Trinajstić information content (AvgIpc) is 2.16. The summed E-state index contributed by atoms with van der Waals surface area (Å²) in [6, 6.07) is 0. The second-order valence-corrected chi connectivity index (χ2v) is 7.43. The highest BCUT2D eigenvalue weighted by Crippen LogP contribution is 2.53. The molecule has 2 aliphatic carbocycles. The zero-order valence-corrected chi connectivity index (χ0v) is 11.3. The molecule has 0 aromatic heterocycles. The van der Waals surface area contributed by atoms with E-state index in [0.717, 1.165) is 25.2 Å². The minimum atomic E-state index is 0.418. The lowest BCUT2D eigenvalue weighted by atomic mass is 9.55. The van der Waals surface area contributed by atoms with Gasteiger partial charge in [0.25, 0.3) is 0 Å². The molecule has 0 aliphatic heterocycles. The molecule has 3 atom stereocenters. The van der Waals surface area contributed by atoms with Crippen LogP contribution in [0.25, 0.3) is 0 Å². The van der Waals surface area contributed by atoms with Crippen molar-refractivity contribution in [2.45, 2.75) is 66.2 Å². The van der Waals surface area contributed by atoms with Gasteiger partial charge in [-0.15, -0.1) is 0 Å². The molecule has 2 saturated carbocycles. The molecule has 0 saturated heterocycles. The van der Waals surface area contributed by atoms with E-state index < -0.39 is 0 Å². The largest absolute Gasteiger partial charge is 0.300 e. The van der Waals surface area contributed by atoms with Gasteiger partial charge in [-0.3, -0.25) is 4.79 Å². The van der Waals surface area contributed by atoms with E-state index in [4.69, 9.17) is 0 Å². The Morgan fingerprint density at radius 2 is 1.94 bits per heavy atom. The zero-order chi connectivity index (χ0) is 12.0. The third kappa shape index (κ3) is 2.19. The zero-order valence-electron chi connectivity index (χ0n) is 11.3. The van der Waals surface area contributed by atoms with Crippen LogP contribution in [0.1, 0.15) is 66.2 Å². The predicted molar refractivity (Wildman–Crippen MR) is 67.3 cm³/mol. The van der Waals surface area contributed by atoms with Gasteiger partial charge < -0.3 is 0 Å². The minimum Gasteiger partial charge on any atom is -0.300 e. The van der Waals surface area contributed by atoms with Gasteiger partial charge >= 0.3 is 0 Å². The Hall–Kier alpha value is -0.330. The number of carbonyl (C=O) groups excluding carboxylic acids is 1. The van der Waals surface area contributed by atoms with E-state index in [1.54, 1.807) is 0 Å². The molecule has 0 N–H and O–H groups in total. The van der Waals surface area contributed by atoms with E-state index in [0.29, 0.717) is 22.5 Å². The Morgan fingerprint density at radius 1 is 1.25 bits per heavy atom. The van der Waals surface area contributed by atoms with Gasteiger partial charge in [0.05, 0.1) is 0 Å². The fourth-order valence-corrected chi connectivity index (χ4v) is 3.70. The fraction of sp³-hybridized carbons (Fsp3) is 0.933. The van der Waals surface area contributed by atoms with Gasteiger partial charge in [0.1, 0.15) is 5.78 Å². The number of hydrogen-bond donors (Lipinski definition) is 0.